The van der Waals surface area contributed by atoms with E-state index in [0.717, 1.165) is 31.3 Å². The summed E-state index contributed by atoms with van der Waals surface area (Å²) in [5, 5.41) is 10.6. The highest BCUT2D eigenvalue weighted by molar-refractivity contribution is 5.88. The molecule has 0 amide bonds. The molecule has 1 saturated carbocycles. The van der Waals surface area contributed by atoms with Gasteiger partial charge in [0.1, 0.15) is 0 Å². The van der Waals surface area contributed by atoms with Gasteiger partial charge in [0, 0.05) is 36.1 Å². The second-order valence-corrected chi connectivity index (χ2v) is 9.51. The molecule has 2 aliphatic rings. The normalized spacial score (nSPS) is 21.5. The standard InChI is InChI=1S/C28H30N2O2/c1-3-4-23-15-18(2)27-24(11-13-29-27)25(23)17-30-14-12-22(19-5-6-19)16-26(30)20-7-9-21(10-8-20)28(31)32/h1,7-11,13,15,19,22,26,29H,4-6,12,14,16-17H2,2H3,(H,31,32)/t22?,26-/m0/s1. The molecule has 1 unspecified atom stereocenters. The zero-order chi connectivity index (χ0) is 22.2. The molecule has 2 N–H and O–H groups in total. The first-order valence-corrected chi connectivity index (χ1v) is 11.6. The van der Waals surface area contributed by atoms with Crippen LogP contribution in [0.2, 0.25) is 0 Å². The van der Waals surface area contributed by atoms with Gasteiger partial charge in [-0.15, -0.1) is 12.3 Å². The number of nitrogens with zero attached hydrogens (tertiary/aromatic N) is 1. The van der Waals surface area contributed by atoms with Crippen LogP contribution in [0.1, 0.15) is 64.3 Å². The highest BCUT2D eigenvalue weighted by Crippen LogP contribution is 2.47. The molecular weight excluding hydrogens is 396 g/mol. The molecule has 0 radical (unpaired) electrons. The summed E-state index contributed by atoms with van der Waals surface area (Å²) in [7, 11) is 0. The van der Waals surface area contributed by atoms with Crippen LogP contribution in [0.5, 0.6) is 0 Å². The fourth-order valence-electron chi connectivity index (χ4n) is 5.62. The van der Waals surface area contributed by atoms with Crippen molar-refractivity contribution in [2.45, 2.75) is 51.6 Å². The van der Waals surface area contributed by atoms with Crippen molar-refractivity contribution in [1.82, 2.24) is 9.88 Å². The Morgan fingerprint density at radius 1 is 1.19 bits per heavy atom. The largest absolute Gasteiger partial charge is 0.478 e. The predicted octanol–water partition coefficient (Wildman–Crippen LogP) is 5.71. The predicted molar refractivity (Wildman–Crippen MR) is 128 cm³/mol. The first kappa shape index (κ1) is 20.8. The summed E-state index contributed by atoms with van der Waals surface area (Å²) in [6.45, 7) is 4.05. The number of rotatable bonds is 6. The van der Waals surface area contributed by atoms with Crippen LogP contribution in [0.25, 0.3) is 10.9 Å². The Kier molecular flexibility index (Phi) is 5.53. The summed E-state index contributed by atoms with van der Waals surface area (Å²) >= 11 is 0. The van der Waals surface area contributed by atoms with Gasteiger partial charge in [-0.3, -0.25) is 4.90 Å². The highest BCUT2D eigenvalue weighted by Gasteiger charge is 2.38. The smallest absolute Gasteiger partial charge is 0.335 e. The average Bonchev–Trinajstić information content (AvgIpc) is 3.52. The zero-order valence-corrected chi connectivity index (χ0v) is 18.6. The molecule has 2 heterocycles. The molecule has 0 bridgehead atoms. The Morgan fingerprint density at radius 3 is 2.66 bits per heavy atom. The number of H-pyrrole nitrogens is 1. The van der Waals surface area contributed by atoms with Crippen molar-refractivity contribution in [1.29, 1.82) is 0 Å². The summed E-state index contributed by atoms with van der Waals surface area (Å²) in [5.74, 6) is 3.63. The molecular formula is C28H30N2O2. The third-order valence-corrected chi connectivity index (χ3v) is 7.48. The van der Waals surface area contributed by atoms with E-state index in [4.69, 9.17) is 6.42 Å². The molecule has 2 fully saturated rings. The molecule has 3 aromatic rings. The number of carboxylic acids is 1. The average molecular weight is 427 g/mol. The Morgan fingerprint density at radius 2 is 1.97 bits per heavy atom. The Labute approximate surface area is 189 Å². The minimum Gasteiger partial charge on any atom is -0.478 e. The van der Waals surface area contributed by atoms with Crippen molar-refractivity contribution in [2.24, 2.45) is 11.8 Å². The minimum absolute atomic E-state index is 0.297. The van der Waals surface area contributed by atoms with Crippen molar-refractivity contribution < 1.29 is 9.90 Å². The first-order chi connectivity index (χ1) is 15.5. The number of terminal acetylenes is 1. The fourth-order valence-corrected chi connectivity index (χ4v) is 5.62. The van der Waals surface area contributed by atoms with Crippen LogP contribution in [0.15, 0.2) is 42.6 Å². The third-order valence-electron chi connectivity index (χ3n) is 7.48. The lowest BCUT2D eigenvalue weighted by Crippen LogP contribution is -2.37. The van der Waals surface area contributed by atoms with Crippen LogP contribution >= 0.6 is 0 Å². The SMILES string of the molecule is C#CCc1cc(C)c2[nH]ccc2c1CN1CCC(C2CC2)C[C@H]1c1ccc(C(=O)O)cc1. The number of aromatic amines is 1. The molecule has 1 aliphatic heterocycles. The maximum atomic E-state index is 11.3. The van der Waals surface area contributed by atoms with Crippen molar-refractivity contribution in [3.05, 3.63) is 70.4 Å². The summed E-state index contributed by atoms with van der Waals surface area (Å²) in [6, 6.07) is 12.2. The molecule has 164 valence electrons. The van der Waals surface area contributed by atoms with E-state index in [1.807, 2.05) is 18.3 Å². The molecule has 2 aromatic carbocycles. The number of benzene rings is 2. The van der Waals surface area contributed by atoms with Gasteiger partial charge in [0.15, 0.2) is 0 Å². The Hall–Kier alpha value is -3.03. The third kappa shape index (κ3) is 3.94. The van der Waals surface area contributed by atoms with E-state index >= 15 is 0 Å². The van der Waals surface area contributed by atoms with Gasteiger partial charge in [-0.25, -0.2) is 4.79 Å². The van der Waals surface area contributed by atoms with Gasteiger partial charge < -0.3 is 10.1 Å². The van der Waals surface area contributed by atoms with Crippen LogP contribution in [0.3, 0.4) is 0 Å². The number of hydrogen-bond donors (Lipinski definition) is 2. The van der Waals surface area contributed by atoms with E-state index in [1.54, 1.807) is 12.1 Å². The summed E-state index contributed by atoms with van der Waals surface area (Å²) in [4.78, 5) is 17.3. The number of aryl methyl sites for hydroxylation is 1. The second-order valence-electron chi connectivity index (χ2n) is 9.51. The summed E-state index contributed by atoms with van der Waals surface area (Å²) in [5.41, 5.74) is 6.54. The second kappa shape index (κ2) is 8.48. The monoisotopic (exact) mass is 426 g/mol. The maximum Gasteiger partial charge on any atom is 0.335 e. The molecule has 5 rings (SSSR count). The van der Waals surface area contributed by atoms with Crippen LogP contribution in [0, 0.1) is 31.1 Å². The summed E-state index contributed by atoms with van der Waals surface area (Å²) < 4.78 is 0. The number of fused-ring (bicyclic) bond motifs is 1. The summed E-state index contributed by atoms with van der Waals surface area (Å²) in [6.07, 6.45) is 13.5. The van der Waals surface area contributed by atoms with E-state index in [-0.39, 0.29) is 0 Å². The van der Waals surface area contributed by atoms with Gasteiger partial charge >= 0.3 is 5.97 Å². The number of carboxylic acid groups (broad SMARTS) is 1. The molecule has 4 nitrogen and oxygen atoms in total. The maximum absolute atomic E-state index is 11.3. The molecule has 4 heteroatoms. The minimum atomic E-state index is -0.874. The molecule has 32 heavy (non-hydrogen) atoms. The topological polar surface area (TPSA) is 56.3 Å². The number of likely N-dealkylation sites (tertiary alicyclic amines) is 1. The number of piperidine rings is 1. The first-order valence-electron chi connectivity index (χ1n) is 11.6. The number of aromatic carboxylic acids is 1. The van der Waals surface area contributed by atoms with Crippen molar-refractivity contribution >= 4 is 16.9 Å². The van der Waals surface area contributed by atoms with Crippen LogP contribution in [-0.4, -0.2) is 27.5 Å². The van der Waals surface area contributed by atoms with Gasteiger partial charge in [-0.05, 0) is 91.4 Å². The van der Waals surface area contributed by atoms with Gasteiger partial charge in [-0.2, -0.15) is 0 Å². The van der Waals surface area contributed by atoms with Crippen LogP contribution in [0.4, 0.5) is 0 Å². The van der Waals surface area contributed by atoms with Crippen molar-refractivity contribution in [3.8, 4) is 12.3 Å². The molecule has 1 saturated heterocycles. The highest BCUT2D eigenvalue weighted by atomic mass is 16.4. The fraction of sp³-hybridized carbons (Fsp3) is 0.393. The number of carbonyl (C=O) groups is 1. The van der Waals surface area contributed by atoms with Crippen LogP contribution < -0.4 is 0 Å². The molecule has 1 aromatic heterocycles. The quantitative estimate of drug-likeness (QED) is 0.496. The van der Waals surface area contributed by atoms with E-state index in [2.05, 4.69) is 34.9 Å². The number of hydrogen-bond acceptors (Lipinski definition) is 2. The molecule has 0 spiro atoms. The van der Waals surface area contributed by atoms with Crippen molar-refractivity contribution in [2.75, 3.05) is 6.54 Å². The van der Waals surface area contributed by atoms with E-state index in [1.165, 1.54) is 52.4 Å². The lowest BCUT2D eigenvalue weighted by Gasteiger charge is -2.40. The van der Waals surface area contributed by atoms with Crippen molar-refractivity contribution in [3.63, 3.8) is 0 Å². The van der Waals surface area contributed by atoms with Gasteiger partial charge in [0.2, 0.25) is 0 Å². The van der Waals surface area contributed by atoms with E-state index < -0.39 is 5.97 Å². The number of aromatic nitrogens is 1. The number of nitrogens with one attached hydrogen (secondary N) is 1. The lowest BCUT2D eigenvalue weighted by molar-refractivity contribution is 0.0696. The molecule has 1 aliphatic carbocycles. The van der Waals surface area contributed by atoms with Gasteiger partial charge in [0.25, 0.3) is 0 Å². The van der Waals surface area contributed by atoms with Gasteiger partial charge in [0.05, 0.1) is 5.56 Å². The molecule has 2 atom stereocenters. The Bertz CT molecular complexity index is 1180. The Balaban J connectivity index is 1.50. The van der Waals surface area contributed by atoms with E-state index in [9.17, 15) is 9.90 Å². The van der Waals surface area contributed by atoms with Crippen LogP contribution in [-0.2, 0) is 13.0 Å². The zero-order valence-electron chi connectivity index (χ0n) is 18.6. The van der Waals surface area contributed by atoms with Gasteiger partial charge in [-0.1, -0.05) is 18.2 Å². The lowest BCUT2D eigenvalue weighted by atomic mass is 9.83. The van der Waals surface area contributed by atoms with E-state index in [0.29, 0.717) is 18.0 Å².